The SMILES string of the molecule is N[C@H]1CCCC[C@H]1Nc1cncc(Nc2cccc(-c3ncco3)c2)c1. The van der Waals surface area contributed by atoms with Gasteiger partial charge in [0.25, 0.3) is 0 Å². The second-order valence-corrected chi connectivity index (χ2v) is 6.70. The minimum Gasteiger partial charge on any atom is -0.445 e. The van der Waals surface area contributed by atoms with E-state index in [9.17, 15) is 0 Å². The van der Waals surface area contributed by atoms with Gasteiger partial charge in [-0.1, -0.05) is 18.9 Å². The first kappa shape index (κ1) is 16.6. The van der Waals surface area contributed by atoms with Crippen LogP contribution in [0.4, 0.5) is 17.1 Å². The lowest BCUT2D eigenvalue weighted by molar-refractivity contribution is 0.404. The van der Waals surface area contributed by atoms with Crippen LogP contribution in [-0.2, 0) is 0 Å². The number of hydrogen-bond donors (Lipinski definition) is 3. The summed E-state index contributed by atoms with van der Waals surface area (Å²) in [5, 5.41) is 6.93. The van der Waals surface area contributed by atoms with E-state index in [0.717, 1.165) is 35.5 Å². The largest absolute Gasteiger partial charge is 0.445 e. The lowest BCUT2D eigenvalue weighted by Gasteiger charge is -2.30. The summed E-state index contributed by atoms with van der Waals surface area (Å²) in [7, 11) is 0. The second-order valence-electron chi connectivity index (χ2n) is 6.70. The highest BCUT2D eigenvalue weighted by Gasteiger charge is 2.21. The third-order valence-electron chi connectivity index (χ3n) is 4.74. The van der Waals surface area contributed by atoms with Crippen molar-refractivity contribution in [3.63, 3.8) is 0 Å². The number of anilines is 3. The normalized spacial score (nSPS) is 19.9. The molecular formula is C20H23N5O. The summed E-state index contributed by atoms with van der Waals surface area (Å²) >= 11 is 0. The molecular weight excluding hydrogens is 326 g/mol. The Kier molecular flexibility index (Phi) is 4.84. The van der Waals surface area contributed by atoms with E-state index in [4.69, 9.17) is 10.2 Å². The summed E-state index contributed by atoms with van der Waals surface area (Å²) in [5.41, 5.74) is 10.0. The number of aromatic nitrogens is 2. The first-order valence-electron chi connectivity index (χ1n) is 9.02. The van der Waals surface area contributed by atoms with Crippen LogP contribution in [0.25, 0.3) is 11.5 Å². The molecule has 3 aromatic rings. The highest BCUT2D eigenvalue weighted by atomic mass is 16.3. The minimum atomic E-state index is 0.206. The molecule has 134 valence electrons. The average Bonchev–Trinajstić information content (AvgIpc) is 3.19. The van der Waals surface area contributed by atoms with Crippen LogP contribution in [0, 0.1) is 0 Å². The van der Waals surface area contributed by atoms with Crippen molar-refractivity contribution in [3.05, 3.63) is 55.2 Å². The molecule has 1 aliphatic carbocycles. The quantitative estimate of drug-likeness (QED) is 0.641. The van der Waals surface area contributed by atoms with Crippen molar-refractivity contribution in [2.45, 2.75) is 37.8 Å². The van der Waals surface area contributed by atoms with Crippen molar-refractivity contribution < 1.29 is 4.42 Å². The topological polar surface area (TPSA) is 89.0 Å². The van der Waals surface area contributed by atoms with Gasteiger partial charge in [0, 0.05) is 23.3 Å². The van der Waals surface area contributed by atoms with Gasteiger partial charge in [0.05, 0.1) is 30.0 Å². The monoisotopic (exact) mass is 349 g/mol. The van der Waals surface area contributed by atoms with Crippen molar-refractivity contribution in [2.75, 3.05) is 10.6 Å². The van der Waals surface area contributed by atoms with Crippen LogP contribution in [-0.4, -0.2) is 22.1 Å². The molecule has 0 saturated heterocycles. The Balaban J connectivity index is 1.48. The number of oxazole rings is 1. The maximum Gasteiger partial charge on any atom is 0.225 e. The first-order chi connectivity index (χ1) is 12.8. The molecule has 2 heterocycles. The van der Waals surface area contributed by atoms with Crippen molar-refractivity contribution >= 4 is 17.1 Å². The third kappa shape index (κ3) is 3.86. The molecule has 1 aliphatic rings. The fraction of sp³-hybridized carbons (Fsp3) is 0.300. The van der Waals surface area contributed by atoms with Gasteiger partial charge in [-0.3, -0.25) is 4.98 Å². The van der Waals surface area contributed by atoms with Crippen LogP contribution in [0.1, 0.15) is 25.7 Å². The average molecular weight is 349 g/mol. The number of pyridine rings is 1. The zero-order valence-electron chi connectivity index (χ0n) is 14.6. The molecule has 0 unspecified atom stereocenters. The Hall–Kier alpha value is -2.86. The molecule has 0 bridgehead atoms. The van der Waals surface area contributed by atoms with E-state index in [-0.39, 0.29) is 6.04 Å². The van der Waals surface area contributed by atoms with Gasteiger partial charge in [-0.25, -0.2) is 4.98 Å². The Morgan fingerprint density at radius 3 is 2.77 bits per heavy atom. The lowest BCUT2D eigenvalue weighted by Crippen LogP contribution is -2.42. The van der Waals surface area contributed by atoms with E-state index >= 15 is 0 Å². The number of nitrogens with zero attached hydrogens (tertiary/aromatic N) is 2. The zero-order chi connectivity index (χ0) is 17.8. The smallest absolute Gasteiger partial charge is 0.225 e. The molecule has 4 rings (SSSR count). The van der Waals surface area contributed by atoms with Crippen LogP contribution >= 0.6 is 0 Å². The summed E-state index contributed by atoms with van der Waals surface area (Å²) in [5.74, 6) is 0.605. The molecule has 0 spiro atoms. The number of rotatable bonds is 5. The molecule has 2 atom stereocenters. The molecule has 1 saturated carbocycles. The molecule has 0 amide bonds. The molecule has 26 heavy (non-hydrogen) atoms. The van der Waals surface area contributed by atoms with Crippen LogP contribution in [0.3, 0.4) is 0 Å². The maximum atomic E-state index is 6.24. The van der Waals surface area contributed by atoms with Crippen LogP contribution in [0.5, 0.6) is 0 Å². The number of hydrogen-bond acceptors (Lipinski definition) is 6. The van der Waals surface area contributed by atoms with Crippen molar-refractivity contribution in [3.8, 4) is 11.5 Å². The van der Waals surface area contributed by atoms with Gasteiger partial charge in [0.2, 0.25) is 5.89 Å². The predicted molar refractivity (Wildman–Crippen MR) is 103 cm³/mol. The molecule has 2 aromatic heterocycles. The maximum absolute atomic E-state index is 6.24. The highest BCUT2D eigenvalue weighted by Crippen LogP contribution is 2.26. The standard InChI is InChI=1S/C20H23N5O/c21-18-6-1-2-7-19(18)25-17-11-16(12-22-13-17)24-15-5-3-4-14(10-15)20-23-8-9-26-20/h3-5,8-13,18-19,24-25H,1-2,6-7,21H2/t18-,19+/m0/s1. The summed E-state index contributed by atoms with van der Waals surface area (Å²) < 4.78 is 5.37. The molecule has 1 aromatic carbocycles. The summed E-state index contributed by atoms with van der Waals surface area (Å²) in [6.45, 7) is 0. The van der Waals surface area contributed by atoms with Crippen molar-refractivity contribution in [2.24, 2.45) is 5.73 Å². The summed E-state index contributed by atoms with van der Waals surface area (Å²) in [6, 6.07) is 10.5. The van der Waals surface area contributed by atoms with Gasteiger partial charge in [-0.15, -0.1) is 0 Å². The van der Waals surface area contributed by atoms with E-state index in [1.54, 1.807) is 12.5 Å². The molecule has 0 aliphatic heterocycles. The summed E-state index contributed by atoms with van der Waals surface area (Å²) in [4.78, 5) is 8.54. The molecule has 1 fully saturated rings. The van der Waals surface area contributed by atoms with Gasteiger partial charge < -0.3 is 20.8 Å². The molecule has 0 radical (unpaired) electrons. The van der Waals surface area contributed by atoms with Crippen LogP contribution in [0.2, 0.25) is 0 Å². The first-order valence-corrected chi connectivity index (χ1v) is 9.02. The Morgan fingerprint density at radius 1 is 1.04 bits per heavy atom. The Labute approximate surface area is 152 Å². The van der Waals surface area contributed by atoms with E-state index in [1.807, 2.05) is 36.7 Å². The van der Waals surface area contributed by atoms with E-state index < -0.39 is 0 Å². The highest BCUT2D eigenvalue weighted by molar-refractivity contribution is 5.68. The minimum absolute atomic E-state index is 0.206. The fourth-order valence-corrected chi connectivity index (χ4v) is 3.40. The van der Waals surface area contributed by atoms with Crippen molar-refractivity contribution in [1.82, 2.24) is 9.97 Å². The molecule has 4 N–H and O–H groups in total. The molecule has 6 nitrogen and oxygen atoms in total. The van der Waals surface area contributed by atoms with Crippen LogP contribution in [0.15, 0.2) is 59.6 Å². The summed E-state index contributed by atoms with van der Waals surface area (Å²) in [6.07, 6.45) is 11.5. The van der Waals surface area contributed by atoms with Crippen LogP contribution < -0.4 is 16.4 Å². The van der Waals surface area contributed by atoms with E-state index in [2.05, 4.69) is 26.7 Å². The van der Waals surface area contributed by atoms with Gasteiger partial charge in [-0.05, 0) is 37.1 Å². The number of benzene rings is 1. The van der Waals surface area contributed by atoms with E-state index in [1.165, 1.54) is 12.8 Å². The molecule has 6 heteroatoms. The van der Waals surface area contributed by atoms with Crippen molar-refractivity contribution in [1.29, 1.82) is 0 Å². The lowest BCUT2D eigenvalue weighted by atomic mass is 9.91. The van der Waals surface area contributed by atoms with E-state index in [0.29, 0.717) is 11.9 Å². The van der Waals surface area contributed by atoms with Gasteiger partial charge in [0.15, 0.2) is 0 Å². The second kappa shape index (κ2) is 7.58. The number of nitrogens with one attached hydrogen (secondary N) is 2. The fourth-order valence-electron chi connectivity index (χ4n) is 3.40. The third-order valence-corrected chi connectivity index (χ3v) is 4.74. The number of nitrogens with two attached hydrogens (primary N) is 1. The Morgan fingerprint density at radius 2 is 1.92 bits per heavy atom. The van der Waals surface area contributed by atoms with Gasteiger partial charge >= 0.3 is 0 Å². The Bertz CT molecular complexity index is 849. The van der Waals surface area contributed by atoms with Gasteiger partial charge in [0.1, 0.15) is 6.26 Å². The predicted octanol–water partition coefficient (Wildman–Crippen LogP) is 4.16. The zero-order valence-corrected chi connectivity index (χ0v) is 14.6. The van der Waals surface area contributed by atoms with Gasteiger partial charge in [-0.2, -0.15) is 0 Å².